The molecule has 7 nitrogen and oxygen atoms in total. The summed E-state index contributed by atoms with van der Waals surface area (Å²) >= 11 is 0. The van der Waals surface area contributed by atoms with E-state index in [0.29, 0.717) is 30.4 Å². The molecular weight excluding hydrogens is 416 g/mol. The fourth-order valence-electron chi connectivity index (χ4n) is 5.00. The summed E-state index contributed by atoms with van der Waals surface area (Å²) in [5.41, 5.74) is 2.64. The topological polar surface area (TPSA) is 96.2 Å². The third kappa shape index (κ3) is 4.60. The van der Waals surface area contributed by atoms with Gasteiger partial charge in [-0.2, -0.15) is 0 Å². The number of nitrogens with one attached hydrogen (secondary N) is 2. The first-order valence-corrected chi connectivity index (χ1v) is 11.5. The summed E-state index contributed by atoms with van der Waals surface area (Å²) in [6.07, 6.45) is 5.02. The fourth-order valence-corrected chi connectivity index (χ4v) is 5.00. The van der Waals surface area contributed by atoms with Gasteiger partial charge in [-0.05, 0) is 48.9 Å². The lowest BCUT2D eigenvalue weighted by Gasteiger charge is -2.20. The van der Waals surface area contributed by atoms with Gasteiger partial charge in [0.2, 0.25) is 5.91 Å². The van der Waals surface area contributed by atoms with E-state index in [4.69, 9.17) is 0 Å². The molecule has 2 aliphatic heterocycles. The summed E-state index contributed by atoms with van der Waals surface area (Å²) in [5.74, 6) is 0.476. The molecule has 1 fully saturated rings. The number of aliphatic hydroxyl groups excluding tert-OH is 1. The first kappa shape index (κ1) is 21.6. The number of rotatable bonds is 6. The molecule has 0 aliphatic carbocycles. The Morgan fingerprint density at radius 3 is 2.67 bits per heavy atom. The van der Waals surface area contributed by atoms with Crippen LogP contribution in [0.1, 0.15) is 48.4 Å². The molecule has 1 amide bonds. The third-order valence-electron chi connectivity index (χ3n) is 6.71. The molecule has 33 heavy (non-hydrogen) atoms. The van der Waals surface area contributed by atoms with Gasteiger partial charge < -0.3 is 15.7 Å². The number of benzene rings is 2. The predicted octanol–water partition coefficient (Wildman–Crippen LogP) is 2.77. The van der Waals surface area contributed by atoms with Crippen LogP contribution >= 0.6 is 0 Å². The van der Waals surface area contributed by atoms with Crippen LogP contribution in [0.25, 0.3) is 0 Å². The van der Waals surface area contributed by atoms with Crippen LogP contribution in [0, 0.1) is 0 Å². The molecule has 4 atom stereocenters. The number of hydrogen-bond donors (Lipinski definition) is 3. The predicted molar refractivity (Wildman–Crippen MR) is 126 cm³/mol. The number of nitrogens with zero attached hydrogens (tertiary/aromatic N) is 2. The lowest BCUT2D eigenvalue weighted by Crippen LogP contribution is -2.35. The second kappa shape index (κ2) is 9.29. The molecule has 0 spiro atoms. The van der Waals surface area contributed by atoms with E-state index in [1.807, 2.05) is 54.6 Å². The number of fused-ring (bicyclic) bond motifs is 1. The highest BCUT2D eigenvalue weighted by atomic mass is 16.3. The standard InChI is InChI=1S/C26H28N4O3/c31-24-14-15-27-23-13-12-22(30(23)24)26(33)29-19-8-6-17(7-9-19)16-20-10-11-21(28-20)25(32)18-4-2-1-3-5-18/h1-9,14-15,20-22,25,28,32H,10-13,16H2,(H,29,33)/t20-,21-,22+,25+/m0/s1. The van der Waals surface area contributed by atoms with Gasteiger partial charge in [-0.15, -0.1) is 0 Å². The number of amides is 1. The Kier molecular flexibility index (Phi) is 6.07. The minimum atomic E-state index is -0.517. The van der Waals surface area contributed by atoms with E-state index in [1.54, 1.807) is 0 Å². The van der Waals surface area contributed by atoms with Crippen LogP contribution in [0.3, 0.4) is 0 Å². The molecule has 3 N–H and O–H groups in total. The molecule has 3 heterocycles. The smallest absolute Gasteiger partial charge is 0.254 e. The maximum Gasteiger partial charge on any atom is 0.254 e. The maximum absolute atomic E-state index is 12.8. The Balaban J connectivity index is 1.17. The Bertz CT molecular complexity index is 1180. The van der Waals surface area contributed by atoms with Gasteiger partial charge in [-0.1, -0.05) is 42.5 Å². The molecule has 1 saturated heterocycles. The highest BCUT2D eigenvalue weighted by Gasteiger charge is 2.31. The second-order valence-corrected chi connectivity index (χ2v) is 8.92. The van der Waals surface area contributed by atoms with Crippen molar-refractivity contribution in [3.8, 4) is 0 Å². The fraction of sp³-hybridized carbons (Fsp3) is 0.346. The van der Waals surface area contributed by atoms with E-state index in [2.05, 4.69) is 15.6 Å². The summed E-state index contributed by atoms with van der Waals surface area (Å²) in [5, 5.41) is 17.2. The monoisotopic (exact) mass is 444 g/mol. The van der Waals surface area contributed by atoms with Crippen molar-refractivity contribution in [2.45, 2.75) is 56.3 Å². The molecule has 0 radical (unpaired) electrons. The first-order chi connectivity index (χ1) is 16.1. The summed E-state index contributed by atoms with van der Waals surface area (Å²) in [7, 11) is 0. The largest absolute Gasteiger partial charge is 0.387 e. The molecule has 0 unspecified atom stereocenters. The van der Waals surface area contributed by atoms with Crippen molar-refractivity contribution in [1.29, 1.82) is 0 Å². The number of aryl methyl sites for hydroxylation is 1. The van der Waals surface area contributed by atoms with Gasteiger partial charge in [0.15, 0.2) is 0 Å². The van der Waals surface area contributed by atoms with Crippen LogP contribution < -0.4 is 16.2 Å². The van der Waals surface area contributed by atoms with Crippen LogP contribution in [0.15, 0.2) is 71.7 Å². The van der Waals surface area contributed by atoms with Crippen molar-refractivity contribution < 1.29 is 9.90 Å². The Hall–Kier alpha value is -3.29. The maximum atomic E-state index is 12.8. The molecular formula is C26H28N4O3. The van der Waals surface area contributed by atoms with Crippen molar-refractivity contribution >= 4 is 11.6 Å². The lowest BCUT2D eigenvalue weighted by atomic mass is 10.0. The van der Waals surface area contributed by atoms with Crippen LogP contribution in [0.2, 0.25) is 0 Å². The average Bonchev–Trinajstić information content (AvgIpc) is 3.49. The number of aliphatic hydroxyl groups is 1. The van der Waals surface area contributed by atoms with Crippen molar-refractivity contribution in [2.24, 2.45) is 0 Å². The molecule has 2 aliphatic rings. The van der Waals surface area contributed by atoms with Crippen LogP contribution in [-0.4, -0.2) is 32.6 Å². The molecule has 3 aromatic rings. The van der Waals surface area contributed by atoms with Crippen LogP contribution in [0.4, 0.5) is 5.69 Å². The highest BCUT2D eigenvalue weighted by Crippen LogP contribution is 2.27. The van der Waals surface area contributed by atoms with Crippen molar-refractivity contribution in [2.75, 3.05) is 5.32 Å². The first-order valence-electron chi connectivity index (χ1n) is 11.5. The average molecular weight is 445 g/mol. The Morgan fingerprint density at radius 2 is 1.88 bits per heavy atom. The molecule has 1 aromatic heterocycles. The molecule has 5 rings (SSSR count). The number of hydrogen-bond acceptors (Lipinski definition) is 5. The van der Waals surface area contributed by atoms with E-state index >= 15 is 0 Å². The van der Waals surface area contributed by atoms with Crippen molar-refractivity contribution in [3.05, 3.63) is 94.2 Å². The van der Waals surface area contributed by atoms with E-state index in [9.17, 15) is 14.7 Å². The minimum absolute atomic E-state index is 0.0585. The molecule has 2 aromatic carbocycles. The van der Waals surface area contributed by atoms with Crippen molar-refractivity contribution in [1.82, 2.24) is 14.9 Å². The van der Waals surface area contributed by atoms with E-state index in [1.165, 1.54) is 22.4 Å². The number of anilines is 1. The SMILES string of the molecule is O=C(Nc1ccc(C[C@@H]2CC[C@@H]([C@H](O)c3ccccc3)N2)cc1)[C@H]1CCc2nccc(=O)n21. The molecule has 7 heteroatoms. The Morgan fingerprint density at radius 1 is 1.09 bits per heavy atom. The zero-order valence-electron chi connectivity index (χ0n) is 18.4. The van der Waals surface area contributed by atoms with E-state index in [-0.39, 0.29) is 17.5 Å². The summed E-state index contributed by atoms with van der Waals surface area (Å²) in [6, 6.07) is 18.9. The third-order valence-corrected chi connectivity index (χ3v) is 6.71. The van der Waals surface area contributed by atoms with Gasteiger partial charge in [-0.25, -0.2) is 4.98 Å². The zero-order chi connectivity index (χ0) is 22.8. The van der Waals surface area contributed by atoms with E-state index < -0.39 is 12.1 Å². The van der Waals surface area contributed by atoms with Gasteiger partial charge in [0.25, 0.3) is 5.56 Å². The summed E-state index contributed by atoms with van der Waals surface area (Å²) in [6.45, 7) is 0. The second-order valence-electron chi connectivity index (χ2n) is 8.92. The minimum Gasteiger partial charge on any atom is -0.387 e. The summed E-state index contributed by atoms with van der Waals surface area (Å²) in [4.78, 5) is 29.1. The van der Waals surface area contributed by atoms with Crippen LogP contribution in [0.5, 0.6) is 0 Å². The van der Waals surface area contributed by atoms with Gasteiger partial charge in [0.1, 0.15) is 11.9 Å². The number of aromatic nitrogens is 2. The van der Waals surface area contributed by atoms with Crippen LogP contribution in [-0.2, 0) is 17.6 Å². The number of carbonyl (C=O) groups excluding carboxylic acids is 1. The quantitative estimate of drug-likeness (QED) is 0.543. The van der Waals surface area contributed by atoms with Gasteiger partial charge >= 0.3 is 0 Å². The van der Waals surface area contributed by atoms with Gasteiger partial charge in [-0.3, -0.25) is 14.2 Å². The molecule has 170 valence electrons. The van der Waals surface area contributed by atoms with Crippen molar-refractivity contribution in [3.63, 3.8) is 0 Å². The molecule has 0 saturated carbocycles. The van der Waals surface area contributed by atoms with E-state index in [0.717, 1.165) is 24.8 Å². The zero-order valence-corrected chi connectivity index (χ0v) is 18.4. The summed E-state index contributed by atoms with van der Waals surface area (Å²) < 4.78 is 1.50. The normalized spacial score (nSPS) is 22.6. The lowest BCUT2D eigenvalue weighted by molar-refractivity contribution is -0.119. The van der Waals surface area contributed by atoms with Gasteiger partial charge in [0, 0.05) is 36.5 Å². The highest BCUT2D eigenvalue weighted by molar-refractivity contribution is 5.94. The Labute approximate surface area is 192 Å². The molecule has 0 bridgehead atoms. The van der Waals surface area contributed by atoms with Gasteiger partial charge in [0.05, 0.1) is 6.10 Å². The number of carbonyl (C=O) groups is 1.